The predicted octanol–water partition coefficient (Wildman–Crippen LogP) is 5.34. The number of rotatable bonds is 9. The zero-order valence-electron chi connectivity index (χ0n) is 10.4. The molecule has 0 aromatic carbocycles. The summed E-state index contributed by atoms with van der Waals surface area (Å²) in [6.07, 6.45) is 15.6. The van der Waals surface area contributed by atoms with Gasteiger partial charge >= 0.3 is 0 Å². The molecule has 0 bridgehead atoms. The van der Waals surface area contributed by atoms with Crippen LogP contribution in [0.15, 0.2) is 12.2 Å². The Morgan fingerprint density at radius 3 is 2.21 bits per heavy atom. The molecule has 14 heavy (non-hydrogen) atoms. The van der Waals surface area contributed by atoms with E-state index >= 15 is 0 Å². The van der Waals surface area contributed by atoms with Gasteiger partial charge in [0, 0.05) is 0 Å². The maximum atomic E-state index is 2.45. The summed E-state index contributed by atoms with van der Waals surface area (Å²) in [6.45, 7) is 6.84. The molecular weight excluding hydrogens is 168 g/mol. The smallest absolute Gasteiger partial charge is 0.0236 e. The maximum Gasteiger partial charge on any atom is -0.0236 e. The van der Waals surface area contributed by atoms with Crippen LogP contribution >= 0.6 is 0 Å². The first-order valence-electron chi connectivity index (χ1n) is 6.51. The van der Waals surface area contributed by atoms with Gasteiger partial charge in [-0.1, -0.05) is 58.6 Å². The van der Waals surface area contributed by atoms with Crippen LogP contribution in [0.3, 0.4) is 0 Å². The van der Waals surface area contributed by atoms with E-state index in [0.717, 1.165) is 5.92 Å². The van der Waals surface area contributed by atoms with Gasteiger partial charge in [-0.05, 0) is 31.6 Å². The molecule has 1 unspecified atom stereocenters. The Morgan fingerprint density at radius 1 is 0.929 bits per heavy atom. The molecule has 1 atom stereocenters. The molecule has 0 heteroatoms. The Balaban J connectivity index is 3.47. The lowest BCUT2D eigenvalue weighted by molar-refractivity contribution is 0.538. The van der Waals surface area contributed by atoms with Crippen molar-refractivity contribution in [2.45, 2.75) is 72.1 Å². The van der Waals surface area contributed by atoms with Gasteiger partial charge in [-0.25, -0.2) is 0 Å². The molecule has 0 aliphatic heterocycles. The van der Waals surface area contributed by atoms with Gasteiger partial charge in [0.05, 0.1) is 0 Å². The van der Waals surface area contributed by atoms with E-state index in [2.05, 4.69) is 32.9 Å². The molecule has 0 nitrogen and oxygen atoms in total. The van der Waals surface area contributed by atoms with Crippen molar-refractivity contribution in [1.82, 2.24) is 0 Å². The molecule has 0 radical (unpaired) electrons. The maximum absolute atomic E-state index is 2.45. The third-order valence-electron chi connectivity index (χ3n) is 2.84. The number of unbranched alkanes of at least 4 members (excludes halogenated alkanes) is 4. The van der Waals surface area contributed by atoms with Crippen molar-refractivity contribution < 1.29 is 0 Å². The fourth-order valence-corrected chi connectivity index (χ4v) is 1.70. The highest BCUT2D eigenvalue weighted by Gasteiger charge is 1.99. The molecule has 0 aliphatic rings. The zero-order chi connectivity index (χ0) is 10.6. The summed E-state index contributed by atoms with van der Waals surface area (Å²) in [7, 11) is 0. The zero-order valence-corrected chi connectivity index (χ0v) is 10.4. The summed E-state index contributed by atoms with van der Waals surface area (Å²) in [5.74, 6) is 0.844. The van der Waals surface area contributed by atoms with Crippen LogP contribution in [0.4, 0.5) is 0 Å². The van der Waals surface area contributed by atoms with Gasteiger partial charge in [-0.15, -0.1) is 0 Å². The average Bonchev–Trinajstić information content (AvgIpc) is 2.22. The minimum atomic E-state index is 0.844. The molecule has 0 aromatic heterocycles. The Bertz CT molecular complexity index is 124. The molecule has 0 spiro atoms. The van der Waals surface area contributed by atoms with Crippen LogP contribution in [-0.4, -0.2) is 0 Å². The predicted molar refractivity (Wildman–Crippen MR) is 66.6 cm³/mol. The monoisotopic (exact) mass is 196 g/mol. The van der Waals surface area contributed by atoms with Gasteiger partial charge in [0.2, 0.25) is 0 Å². The minimum absolute atomic E-state index is 0.844. The summed E-state index contributed by atoms with van der Waals surface area (Å²) in [6, 6.07) is 0. The van der Waals surface area contributed by atoms with Crippen molar-refractivity contribution >= 4 is 0 Å². The van der Waals surface area contributed by atoms with Gasteiger partial charge in [0.15, 0.2) is 0 Å². The largest absolute Gasteiger partial charge is 0.0883 e. The number of hydrogen-bond acceptors (Lipinski definition) is 0. The van der Waals surface area contributed by atoms with Gasteiger partial charge in [0.1, 0.15) is 0 Å². The van der Waals surface area contributed by atoms with Crippen LogP contribution in [0.1, 0.15) is 72.1 Å². The average molecular weight is 196 g/mol. The van der Waals surface area contributed by atoms with Crippen LogP contribution < -0.4 is 0 Å². The molecule has 0 saturated carbocycles. The van der Waals surface area contributed by atoms with Crippen molar-refractivity contribution in [2.24, 2.45) is 5.92 Å². The molecule has 0 rings (SSSR count). The van der Waals surface area contributed by atoms with E-state index in [1.165, 1.54) is 51.4 Å². The molecule has 84 valence electrons. The van der Waals surface area contributed by atoms with E-state index in [4.69, 9.17) is 0 Å². The van der Waals surface area contributed by atoms with Crippen LogP contribution in [0.25, 0.3) is 0 Å². The number of hydrogen-bond donors (Lipinski definition) is 0. The van der Waals surface area contributed by atoms with Crippen molar-refractivity contribution in [3.05, 3.63) is 12.2 Å². The van der Waals surface area contributed by atoms with Crippen molar-refractivity contribution in [1.29, 1.82) is 0 Å². The van der Waals surface area contributed by atoms with Gasteiger partial charge in [-0.2, -0.15) is 0 Å². The molecule has 0 saturated heterocycles. The SMILES string of the molecule is CCCCC/C=C/C(CC)CCCC. The summed E-state index contributed by atoms with van der Waals surface area (Å²) in [5, 5.41) is 0. The highest BCUT2D eigenvalue weighted by molar-refractivity contribution is 4.87. The number of allylic oxidation sites excluding steroid dienone is 2. The normalized spacial score (nSPS) is 13.6. The van der Waals surface area contributed by atoms with Gasteiger partial charge in [0.25, 0.3) is 0 Å². The van der Waals surface area contributed by atoms with Gasteiger partial charge < -0.3 is 0 Å². The summed E-state index contributed by atoms with van der Waals surface area (Å²) >= 11 is 0. The highest BCUT2D eigenvalue weighted by atomic mass is 14.0. The molecule has 0 fully saturated rings. The second-order valence-electron chi connectivity index (χ2n) is 4.23. The second kappa shape index (κ2) is 10.8. The molecule has 0 N–H and O–H groups in total. The first kappa shape index (κ1) is 13.7. The van der Waals surface area contributed by atoms with Crippen molar-refractivity contribution in [2.75, 3.05) is 0 Å². The summed E-state index contributed by atoms with van der Waals surface area (Å²) in [4.78, 5) is 0. The van der Waals surface area contributed by atoms with Crippen LogP contribution in [0, 0.1) is 5.92 Å². The van der Waals surface area contributed by atoms with E-state index in [0.29, 0.717) is 0 Å². The first-order chi connectivity index (χ1) is 6.85. The Hall–Kier alpha value is -0.260. The highest BCUT2D eigenvalue weighted by Crippen LogP contribution is 2.14. The molecule has 0 aliphatic carbocycles. The van der Waals surface area contributed by atoms with Crippen LogP contribution in [0.2, 0.25) is 0 Å². The standard InChI is InChI=1S/C14H28/c1-4-7-9-10-11-13-14(6-3)12-8-5-2/h11,13-14H,4-10,12H2,1-3H3/b13-11+. The summed E-state index contributed by atoms with van der Waals surface area (Å²) in [5.41, 5.74) is 0. The van der Waals surface area contributed by atoms with E-state index in [1.54, 1.807) is 0 Å². The molecule has 0 amide bonds. The quantitative estimate of drug-likeness (QED) is 0.345. The first-order valence-corrected chi connectivity index (χ1v) is 6.51. The van der Waals surface area contributed by atoms with E-state index in [-0.39, 0.29) is 0 Å². The van der Waals surface area contributed by atoms with Crippen molar-refractivity contribution in [3.8, 4) is 0 Å². The van der Waals surface area contributed by atoms with E-state index in [9.17, 15) is 0 Å². The van der Waals surface area contributed by atoms with E-state index in [1.807, 2.05) is 0 Å². The lowest BCUT2D eigenvalue weighted by Gasteiger charge is -2.08. The van der Waals surface area contributed by atoms with E-state index < -0.39 is 0 Å². The molecule has 0 aromatic rings. The molecule has 0 heterocycles. The van der Waals surface area contributed by atoms with Crippen LogP contribution in [-0.2, 0) is 0 Å². The third kappa shape index (κ3) is 8.34. The van der Waals surface area contributed by atoms with Crippen molar-refractivity contribution in [3.63, 3.8) is 0 Å². The minimum Gasteiger partial charge on any atom is -0.0883 e. The lowest BCUT2D eigenvalue weighted by Crippen LogP contribution is -1.93. The molecular formula is C14H28. The fourth-order valence-electron chi connectivity index (χ4n) is 1.70. The fraction of sp³-hybridized carbons (Fsp3) is 0.857. The lowest BCUT2D eigenvalue weighted by atomic mass is 9.98. The topological polar surface area (TPSA) is 0 Å². The third-order valence-corrected chi connectivity index (χ3v) is 2.84. The Kier molecular flexibility index (Phi) is 10.6. The Labute approximate surface area is 90.8 Å². The van der Waals surface area contributed by atoms with Gasteiger partial charge in [-0.3, -0.25) is 0 Å². The summed E-state index contributed by atoms with van der Waals surface area (Å²) < 4.78 is 0. The second-order valence-corrected chi connectivity index (χ2v) is 4.23. The van der Waals surface area contributed by atoms with Crippen LogP contribution in [0.5, 0.6) is 0 Å². The Morgan fingerprint density at radius 2 is 1.64 bits per heavy atom.